The van der Waals surface area contributed by atoms with Crippen LogP contribution in [-0.4, -0.2) is 42.0 Å². The normalized spacial score (nSPS) is 18.7. The highest BCUT2D eigenvalue weighted by Gasteiger charge is 2.25. The van der Waals surface area contributed by atoms with E-state index in [0.29, 0.717) is 5.92 Å². The molecular weight excluding hydrogens is 414 g/mol. The Kier molecular flexibility index (Phi) is 11.7. The number of allylic oxidation sites excluding steroid dienone is 3. The highest BCUT2D eigenvalue weighted by atomic mass is 15.2. The van der Waals surface area contributed by atoms with E-state index >= 15 is 0 Å². The standard InChI is InChI=1S/C31H51N3/c1-5-29-23-28(24-32-27(4)14-10-7-6-9-13-26(2)3)15-16-30(29)25-33-21-17-31(18-22-33)34-19-11-8-12-20-34/h9,13,15-16,23,26,31-32H,4-8,10-12,14,17-22,24-25H2,1-3H3/b13-9+. The molecule has 3 heteroatoms. The lowest BCUT2D eigenvalue weighted by Gasteiger charge is -2.40. The number of hydrogen-bond acceptors (Lipinski definition) is 3. The Hall–Kier alpha value is -1.58. The largest absolute Gasteiger partial charge is 0.385 e. The number of nitrogens with one attached hydrogen (secondary N) is 1. The van der Waals surface area contributed by atoms with Gasteiger partial charge in [0.05, 0.1) is 0 Å². The van der Waals surface area contributed by atoms with E-state index in [1.807, 2.05) is 0 Å². The van der Waals surface area contributed by atoms with Gasteiger partial charge in [-0.25, -0.2) is 0 Å². The number of aryl methyl sites for hydroxylation is 1. The quantitative estimate of drug-likeness (QED) is 0.248. The van der Waals surface area contributed by atoms with Gasteiger partial charge in [0.2, 0.25) is 0 Å². The van der Waals surface area contributed by atoms with Crippen molar-refractivity contribution in [1.29, 1.82) is 0 Å². The van der Waals surface area contributed by atoms with Crippen LogP contribution < -0.4 is 5.32 Å². The monoisotopic (exact) mass is 465 g/mol. The third-order valence-electron chi connectivity index (χ3n) is 7.67. The topological polar surface area (TPSA) is 18.5 Å². The molecule has 1 aromatic rings. The number of hydrogen-bond donors (Lipinski definition) is 1. The molecule has 0 bridgehead atoms. The second-order valence-electron chi connectivity index (χ2n) is 10.9. The van der Waals surface area contributed by atoms with Crippen molar-refractivity contribution in [2.24, 2.45) is 5.92 Å². The molecule has 0 atom stereocenters. The van der Waals surface area contributed by atoms with Crippen molar-refractivity contribution in [3.05, 3.63) is 59.3 Å². The molecule has 2 heterocycles. The fourth-order valence-electron chi connectivity index (χ4n) is 5.52. The van der Waals surface area contributed by atoms with Gasteiger partial charge in [0.15, 0.2) is 0 Å². The van der Waals surface area contributed by atoms with E-state index in [2.05, 4.69) is 72.8 Å². The lowest BCUT2D eigenvalue weighted by atomic mass is 9.97. The smallest absolute Gasteiger partial charge is 0.0397 e. The molecule has 2 saturated heterocycles. The van der Waals surface area contributed by atoms with Gasteiger partial charge in [-0.2, -0.15) is 0 Å². The molecule has 3 nitrogen and oxygen atoms in total. The van der Waals surface area contributed by atoms with Crippen LogP contribution in [0.5, 0.6) is 0 Å². The minimum absolute atomic E-state index is 0.660. The number of rotatable bonds is 13. The SMILES string of the molecule is C=C(CCCC/C=C/C(C)C)NCc1ccc(CN2CCC(N3CCCCC3)CC2)c(CC)c1. The van der Waals surface area contributed by atoms with Crippen LogP contribution >= 0.6 is 0 Å². The number of unbranched alkanes of at least 4 members (excludes halogenated alkanes) is 2. The highest BCUT2D eigenvalue weighted by Crippen LogP contribution is 2.23. The molecule has 3 rings (SSSR count). The molecule has 190 valence electrons. The molecule has 2 aliphatic heterocycles. The van der Waals surface area contributed by atoms with Crippen LogP contribution in [0.15, 0.2) is 42.6 Å². The van der Waals surface area contributed by atoms with Gasteiger partial charge in [-0.3, -0.25) is 4.90 Å². The third kappa shape index (κ3) is 9.23. The Labute approximate surface area is 210 Å². The van der Waals surface area contributed by atoms with Gasteiger partial charge in [-0.05, 0) is 107 Å². The van der Waals surface area contributed by atoms with E-state index in [-0.39, 0.29) is 0 Å². The molecule has 34 heavy (non-hydrogen) atoms. The zero-order valence-corrected chi connectivity index (χ0v) is 22.5. The van der Waals surface area contributed by atoms with Gasteiger partial charge in [-0.15, -0.1) is 0 Å². The predicted octanol–water partition coefficient (Wildman–Crippen LogP) is 7.08. The van der Waals surface area contributed by atoms with E-state index in [1.54, 1.807) is 0 Å². The predicted molar refractivity (Wildman–Crippen MR) is 148 cm³/mol. The number of benzene rings is 1. The summed E-state index contributed by atoms with van der Waals surface area (Å²) in [6.07, 6.45) is 17.4. The van der Waals surface area contributed by atoms with E-state index in [4.69, 9.17) is 0 Å². The number of likely N-dealkylation sites (tertiary alicyclic amines) is 2. The van der Waals surface area contributed by atoms with Crippen molar-refractivity contribution in [1.82, 2.24) is 15.1 Å². The van der Waals surface area contributed by atoms with Crippen LogP contribution in [0.2, 0.25) is 0 Å². The first kappa shape index (κ1) is 27.0. The van der Waals surface area contributed by atoms with E-state index in [0.717, 1.165) is 32.0 Å². The van der Waals surface area contributed by atoms with Gasteiger partial charge in [0, 0.05) is 24.8 Å². The Morgan fingerprint density at radius 1 is 1.06 bits per heavy atom. The summed E-state index contributed by atoms with van der Waals surface area (Å²) < 4.78 is 0. The molecular formula is C31H51N3. The minimum atomic E-state index is 0.660. The maximum Gasteiger partial charge on any atom is 0.0397 e. The molecule has 0 aromatic heterocycles. The summed E-state index contributed by atoms with van der Waals surface area (Å²) in [6, 6.07) is 7.97. The first-order chi connectivity index (χ1) is 16.5. The lowest BCUT2D eigenvalue weighted by molar-refractivity contribution is 0.0895. The fourth-order valence-corrected chi connectivity index (χ4v) is 5.52. The molecule has 0 amide bonds. The van der Waals surface area contributed by atoms with Crippen molar-refractivity contribution in [2.45, 2.75) is 104 Å². The van der Waals surface area contributed by atoms with Crippen LogP contribution in [0.4, 0.5) is 0 Å². The molecule has 0 spiro atoms. The first-order valence-electron chi connectivity index (χ1n) is 14.2. The summed E-state index contributed by atoms with van der Waals surface area (Å²) in [6.45, 7) is 18.2. The second-order valence-corrected chi connectivity index (χ2v) is 10.9. The molecule has 0 saturated carbocycles. The van der Waals surface area contributed by atoms with Crippen LogP contribution in [0, 0.1) is 5.92 Å². The summed E-state index contributed by atoms with van der Waals surface area (Å²) in [7, 11) is 0. The average Bonchev–Trinajstić information content (AvgIpc) is 2.86. The van der Waals surface area contributed by atoms with Crippen molar-refractivity contribution >= 4 is 0 Å². The Bertz CT molecular complexity index is 752. The minimum Gasteiger partial charge on any atom is -0.385 e. The van der Waals surface area contributed by atoms with Crippen LogP contribution in [0.25, 0.3) is 0 Å². The first-order valence-corrected chi connectivity index (χ1v) is 14.2. The fraction of sp³-hybridized carbons (Fsp3) is 0.677. The summed E-state index contributed by atoms with van der Waals surface area (Å²) in [5.41, 5.74) is 5.59. The number of nitrogens with zero attached hydrogens (tertiary/aromatic N) is 2. The molecule has 0 unspecified atom stereocenters. The van der Waals surface area contributed by atoms with Crippen molar-refractivity contribution in [2.75, 3.05) is 26.2 Å². The molecule has 1 N–H and O–H groups in total. The van der Waals surface area contributed by atoms with Crippen LogP contribution in [-0.2, 0) is 19.5 Å². The lowest BCUT2D eigenvalue weighted by Crippen LogP contribution is -2.46. The summed E-state index contributed by atoms with van der Waals surface area (Å²) in [4.78, 5) is 5.46. The van der Waals surface area contributed by atoms with Crippen molar-refractivity contribution in [3.63, 3.8) is 0 Å². The highest BCUT2D eigenvalue weighted by molar-refractivity contribution is 5.32. The zero-order valence-electron chi connectivity index (χ0n) is 22.5. The summed E-state index contributed by atoms with van der Waals surface area (Å²) in [5, 5.41) is 3.57. The van der Waals surface area contributed by atoms with Crippen LogP contribution in [0.1, 0.15) is 95.2 Å². The summed E-state index contributed by atoms with van der Waals surface area (Å²) in [5.74, 6) is 0.660. The maximum atomic E-state index is 4.25. The van der Waals surface area contributed by atoms with Gasteiger partial charge >= 0.3 is 0 Å². The Morgan fingerprint density at radius 2 is 1.82 bits per heavy atom. The van der Waals surface area contributed by atoms with E-state index in [1.165, 1.54) is 99.9 Å². The van der Waals surface area contributed by atoms with E-state index in [9.17, 15) is 0 Å². The molecule has 0 radical (unpaired) electrons. The second kappa shape index (κ2) is 14.7. The maximum absolute atomic E-state index is 4.25. The Morgan fingerprint density at radius 3 is 2.53 bits per heavy atom. The summed E-state index contributed by atoms with van der Waals surface area (Å²) >= 11 is 0. The van der Waals surface area contributed by atoms with Crippen LogP contribution in [0.3, 0.4) is 0 Å². The van der Waals surface area contributed by atoms with Gasteiger partial charge in [-0.1, -0.05) is 64.1 Å². The number of piperidine rings is 2. The van der Waals surface area contributed by atoms with E-state index < -0.39 is 0 Å². The third-order valence-corrected chi connectivity index (χ3v) is 7.67. The Balaban J connectivity index is 1.39. The van der Waals surface area contributed by atoms with Gasteiger partial charge < -0.3 is 10.2 Å². The molecule has 2 aliphatic rings. The molecule has 1 aromatic carbocycles. The van der Waals surface area contributed by atoms with Crippen molar-refractivity contribution < 1.29 is 0 Å². The molecule has 0 aliphatic carbocycles. The molecule has 2 fully saturated rings. The van der Waals surface area contributed by atoms with Gasteiger partial charge in [0.25, 0.3) is 0 Å². The zero-order chi connectivity index (χ0) is 24.2. The van der Waals surface area contributed by atoms with Crippen molar-refractivity contribution in [3.8, 4) is 0 Å². The average molecular weight is 466 g/mol. The van der Waals surface area contributed by atoms with Gasteiger partial charge in [0.1, 0.15) is 0 Å².